The third kappa shape index (κ3) is 4.59. The fraction of sp³-hybridized carbons (Fsp3) is 0.0870. The Kier molecular flexibility index (Phi) is 5.99. The molecule has 31 heavy (non-hydrogen) atoms. The van der Waals surface area contributed by atoms with Gasteiger partial charge in [0.05, 0.1) is 29.5 Å². The number of rotatable bonds is 6. The third-order valence-corrected chi connectivity index (χ3v) is 5.44. The normalized spacial score (nSPS) is 10.8. The van der Waals surface area contributed by atoms with E-state index in [4.69, 9.17) is 4.74 Å². The lowest BCUT2D eigenvalue weighted by Gasteiger charge is -2.14. The van der Waals surface area contributed by atoms with Crippen molar-refractivity contribution >= 4 is 34.3 Å². The Balaban J connectivity index is 1.69. The zero-order valence-electron chi connectivity index (χ0n) is 16.5. The van der Waals surface area contributed by atoms with Crippen LogP contribution in [0.25, 0.3) is 16.6 Å². The van der Waals surface area contributed by atoms with Crippen molar-refractivity contribution in [1.29, 1.82) is 0 Å². The van der Waals surface area contributed by atoms with Crippen molar-refractivity contribution in [1.82, 2.24) is 9.55 Å². The first-order valence-corrected chi connectivity index (χ1v) is 10.4. The van der Waals surface area contributed by atoms with Gasteiger partial charge in [-0.3, -0.25) is 14.2 Å². The van der Waals surface area contributed by atoms with Crippen molar-refractivity contribution in [3.63, 3.8) is 0 Å². The van der Waals surface area contributed by atoms with Gasteiger partial charge in [-0.1, -0.05) is 36.0 Å². The van der Waals surface area contributed by atoms with Crippen molar-refractivity contribution in [2.24, 2.45) is 0 Å². The number of thioether (sulfide) groups is 1. The third-order valence-electron chi connectivity index (χ3n) is 4.50. The predicted octanol–water partition coefficient (Wildman–Crippen LogP) is 4.26. The molecule has 0 saturated heterocycles. The molecule has 1 N–H and O–H groups in total. The second-order valence-corrected chi connectivity index (χ2v) is 7.54. The van der Waals surface area contributed by atoms with Crippen LogP contribution in [0.1, 0.15) is 0 Å². The number of methoxy groups -OCH3 is 1. The second-order valence-electron chi connectivity index (χ2n) is 6.60. The fourth-order valence-electron chi connectivity index (χ4n) is 3.08. The first-order chi connectivity index (χ1) is 15.0. The van der Waals surface area contributed by atoms with Gasteiger partial charge < -0.3 is 10.1 Å². The quantitative estimate of drug-likeness (QED) is 0.362. The van der Waals surface area contributed by atoms with Gasteiger partial charge in [-0.15, -0.1) is 0 Å². The molecule has 0 bridgehead atoms. The van der Waals surface area contributed by atoms with E-state index in [1.54, 1.807) is 61.7 Å². The highest BCUT2D eigenvalue weighted by Crippen LogP contribution is 2.24. The van der Waals surface area contributed by atoms with Gasteiger partial charge in [0, 0.05) is 11.8 Å². The smallest absolute Gasteiger partial charge is 0.266 e. The highest BCUT2D eigenvalue weighted by molar-refractivity contribution is 7.99. The lowest BCUT2D eigenvalue weighted by atomic mass is 10.2. The van der Waals surface area contributed by atoms with Crippen LogP contribution in [0.3, 0.4) is 0 Å². The molecule has 1 amide bonds. The fourth-order valence-corrected chi connectivity index (χ4v) is 3.89. The summed E-state index contributed by atoms with van der Waals surface area (Å²) in [5.41, 5.74) is 1.24. The van der Waals surface area contributed by atoms with E-state index in [2.05, 4.69) is 10.3 Å². The number of hydrogen-bond donors (Lipinski definition) is 1. The van der Waals surface area contributed by atoms with Gasteiger partial charge in [0.1, 0.15) is 11.6 Å². The van der Waals surface area contributed by atoms with E-state index in [1.165, 1.54) is 22.8 Å². The van der Waals surface area contributed by atoms with Crippen LogP contribution >= 0.6 is 11.8 Å². The number of ether oxygens (including phenoxy) is 1. The van der Waals surface area contributed by atoms with Crippen molar-refractivity contribution in [3.8, 4) is 11.4 Å². The zero-order chi connectivity index (χ0) is 21.8. The SMILES string of the molecule is COc1cccc(-n2c(SCC(=O)Nc3cccc(F)c3)nc3ccccc3c2=O)c1. The van der Waals surface area contributed by atoms with Crippen LogP contribution in [-0.4, -0.2) is 28.3 Å². The Morgan fingerprint density at radius 1 is 1.10 bits per heavy atom. The van der Waals surface area contributed by atoms with Crippen molar-refractivity contribution in [2.45, 2.75) is 5.16 Å². The number of amides is 1. The number of aromatic nitrogens is 2. The molecule has 0 aliphatic heterocycles. The Morgan fingerprint density at radius 3 is 2.71 bits per heavy atom. The van der Waals surface area contributed by atoms with Gasteiger partial charge in [0.25, 0.3) is 5.56 Å². The van der Waals surface area contributed by atoms with Crippen molar-refractivity contribution in [3.05, 3.63) is 89.0 Å². The Hall–Kier alpha value is -3.65. The maximum atomic E-state index is 13.3. The van der Waals surface area contributed by atoms with Crippen LogP contribution in [-0.2, 0) is 4.79 Å². The molecule has 0 unspecified atom stereocenters. The minimum atomic E-state index is -0.437. The summed E-state index contributed by atoms with van der Waals surface area (Å²) in [7, 11) is 1.55. The summed E-state index contributed by atoms with van der Waals surface area (Å²) < 4.78 is 20.1. The highest BCUT2D eigenvalue weighted by Gasteiger charge is 2.15. The molecular weight excluding hydrogens is 417 g/mol. The molecule has 1 aromatic heterocycles. The van der Waals surface area contributed by atoms with Gasteiger partial charge in [-0.05, 0) is 42.5 Å². The molecule has 0 aliphatic rings. The molecule has 0 saturated carbocycles. The summed E-state index contributed by atoms with van der Waals surface area (Å²) >= 11 is 1.12. The second kappa shape index (κ2) is 9.01. The number of benzene rings is 3. The van der Waals surface area contributed by atoms with Crippen LogP contribution in [0.2, 0.25) is 0 Å². The summed E-state index contributed by atoms with van der Waals surface area (Å²) in [5.74, 6) is -0.188. The number of para-hydroxylation sites is 1. The summed E-state index contributed by atoms with van der Waals surface area (Å²) in [5, 5.41) is 3.49. The summed E-state index contributed by atoms with van der Waals surface area (Å²) in [6, 6.07) is 19.8. The van der Waals surface area contributed by atoms with E-state index in [0.29, 0.717) is 33.2 Å². The van der Waals surface area contributed by atoms with Crippen LogP contribution < -0.4 is 15.6 Å². The number of hydrogen-bond acceptors (Lipinski definition) is 5. The molecule has 0 spiro atoms. The number of carbonyl (C=O) groups is 1. The number of fused-ring (bicyclic) bond motifs is 1. The summed E-state index contributed by atoms with van der Waals surface area (Å²) in [6.45, 7) is 0. The largest absolute Gasteiger partial charge is 0.497 e. The van der Waals surface area contributed by atoms with Crippen LogP contribution in [0.15, 0.2) is 82.7 Å². The van der Waals surface area contributed by atoms with Gasteiger partial charge in [-0.25, -0.2) is 9.37 Å². The summed E-state index contributed by atoms with van der Waals surface area (Å²) in [4.78, 5) is 30.3. The minimum Gasteiger partial charge on any atom is -0.497 e. The maximum absolute atomic E-state index is 13.3. The van der Waals surface area contributed by atoms with Gasteiger partial charge >= 0.3 is 0 Å². The maximum Gasteiger partial charge on any atom is 0.266 e. The van der Waals surface area contributed by atoms with E-state index in [0.717, 1.165) is 11.8 Å². The van der Waals surface area contributed by atoms with Crippen molar-refractivity contribution in [2.75, 3.05) is 18.2 Å². The van der Waals surface area contributed by atoms with E-state index in [9.17, 15) is 14.0 Å². The highest BCUT2D eigenvalue weighted by atomic mass is 32.2. The van der Waals surface area contributed by atoms with Crippen LogP contribution in [0, 0.1) is 5.82 Å². The first kappa shape index (κ1) is 20.6. The molecule has 3 aromatic carbocycles. The monoisotopic (exact) mass is 435 g/mol. The molecular formula is C23H18FN3O3S. The molecule has 1 heterocycles. The Bertz CT molecular complexity index is 1320. The topological polar surface area (TPSA) is 73.2 Å². The number of halogens is 1. The average Bonchev–Trinajstić information content (AvgIpc) is 2.78. The molecule has 4 aromatic rings. The molecule has 4 rings (SSSR count). The van der Waals surface area contributed by atoms with Crippen LogP contribution in [0.5, 0.6) is 5.75 Å². The summed E-state index contributed by atoms with van der Waals surface area (Å²) in [6.07, 6.45) is 0. The molecule has 0 fully saturated rings. The number of anilines is 1. The number of nitrogens with one attached hydrogen (secondary N) is 1. The van der Waals surface area contributed by atoms with Gasteiger partial charge in [-0.2, -0.15) is 0 Å². The first-order valence-electron chi connectivity index (χ1n) is 9.39. The standard InChI is InChI=1S/C23H18FN3O3S/c1-30-18-9-5-8-17(13-18)27-22(29)19-10-2-3-11-20(19)26-23(27)31-14-21(28)25-16-7-4-6-15(24)12-16/h2-13H,14H2,1H3,(H,25,28). The van der Waals surface area contributed by atoms with Crippen molar-refractivity contribution < 1.29 is 13.9 Å². The molecule has 0 radical (unpaired) electrons. The number of nitrogens with zero attached hydrogens (tertiary/aromatic N) is 2. The molecule has 0 atom stereocenters. The lowest BCUT2D eigenvalue weighted by Crippen LogP contribution is -2.23. The van der Waals surface area contributed by atoms with Gasteiger partial charge in [0.15, 0.2) is 5.16 Å². The Labute approximate surface area is 181 Å². The van der Waals surface area contributed by atoms with E-state index >= 15 is 0 Å². The lowest BCUT2D eigenvalue weighted by molar-refractivity contribution is -0.113. The predicted molar refractivity (Wildman–Crippen MR) is 120 cm³/mol. The zero-order valence-corrected chi connectivity index (χ0v) is 17.4. The minimum absolute atomic E-state index is 0.00867. The van der Waals surface area contributed by atoms with E-state index in [1.807, 2.05) is 0 Å². The average molecular weight is 435 g/mol. The van der Waals surface area contributed by atoms with Crippen LogP contribution in [0.4, 0.5) is 10.1 Å². The van der Waals surface area contributed by atoms with Gasteiger partial charge in [0.2, 0.25) is 5.91 Å². The Morgan fingerprint density at radius 2 is 1.90 bits per heavy atom. The molecule has 8 heteroatoms. The van der Waals surface area contributed by atoms with E-state index < -0.39 is 5.82 Å². The molecule has 156 valence electrons. The molecule has 0 aliphatic carbocycles. The molecule has 6 nitrogen and oxygen atoms in total. The number of carbonyl (C=O) groups excluding carboxylic acids is 1. The van der Waals surface area contributed by atoms with E-state index in [-0.39, 0.29) is 17.2 Å².